The van der Waals surface area contributed by atoms with Gasteiger partial charge in [0.15, 0.2) is 0 Å². The minimum Gasteiger partial charge on any atom is -0.412 e. The number of amides is 2. The SMILES string of the molecule is CC(=O)Nc1ccc(C(=O)Nc2ncccc2C)cc1.O.O. The molecule has 0 aliphatic rings. The minimum absolute atomic E-state index is 0. The molecule has 1 aromatic heterocycles. The van der Waals surface area contributed by atoms with Crippen LogP contribution in [-0.4, -0.2) is 27.8 Å². The maximum absolute atomic E-state index is 12.1. The van der Waals surface area contributed by atoms with Gasteiger partial charge in [-0.05, 0) is 42.8 Å². The fourth-order valence-electron chi connectivity index (χ4n) is 1.70. The number of nitrogens with one attached hydrogen (secondary N) is 2. The van der Waals surface area contributed by atoms with Crippen molar-refractivity contribution >= 4 is 23.3 Å². The summed E-state index contributed by atoms with van der Waals surface area (Å²) in [6.07, 6.45) is 1.63. The third kappa shape index (κ3) is 4.97. The first-order chi connectivity index (χ1) is 9.56. The van der Waals surface area contributed by atoms with Gasteiger partial charge in [-0.3, -0.25) is 9.59 Å². The lowest BCUT2D eigenvalue weighted by Crippen LogP contribution is -2.14. The molecule has 2 rings (SSSR count). The van der Waals surface area contributed by atoms with Crippen molar-refractivity contribution in [3.05, 3.63) is 53.7 Å². The molecular formula is C15H19N3O4. The van der Waals surface area contributed by atoms with Crippen LogP contribution >= 0.6 is 0 Å². The lowest BCUT2D eigenvalue weighted by atomic mass is 10.2. The normalized spacial score (nSPS) is 9.00. The Labute approximate surface area is 128 Å². The molecule has 0 saturated heterocycles. The molecule has 0 unspecified atom stereocenters. The number of nitrogens with zero attached hydrogens (tertiary/aromatic N) is 1. The van der Waals surface area contributed by atoms with E-state index in [1.165, 1.54) is 6.92 Å². The van der Waals surface area contributed by atoms with Crippen LogP contribution in [0.15, 0.2) is 42.6 Å². The topological polar surface area (TPSA) is 134 Å². The summed E-state index contributed by atoms with van der Waals surface area (Å²) in [4.78, 5) is 27.1. The van der Waals surface area contributed by atoms with Gasteiger partial charge >= 0.3 is 0 Å². The van der Waals surface area contributed by atoms with Gasteiger partial charge in [0.2, 0.25) is 5.91 Å². The summed E-state index contributed by atoms with van der Waals surface area (Å²) in [5, 5.41) is 5.40. The lowest BCUT2D eigenvalue weighted by molar-refractivity contribution is -0.114. The van der Waals surface area contributed by atoms with Crippen molar-refractivity contribution in [3.63, 3.8) is 0 Å². The molecule has 1 aromatic carbocycles. The largest absolute Gasteiger partial charge is 0.412 e. The summed E-state index contributed by atoms with van der Waals surface area (Å²) >= 11 is 0. The second kappa shape index (κ2) is 8.50. The predicted octanol–water partition coefficient (Wildman–Crippen LogP) is 0.951. The maximum Gasteiger partial charge on any atom is 0.256 e. The zero-order chi connectivity index (χ0) is 14.5. The average Bonchev–Trinajstić information content (AvgIpc) is 2.41. The molecule has 7 nitrogen and oxygen atoms in total. The summed E-state index contributed by atoms with van der Waals surface area (Å²) in [5.74, 6) is 0.163. The van der Waals surface area contributed by atoms with Gasteiger partial charge < -0.3 is 21.6 Å². The number of aromatic nitrogens is 1. The molecule has 0 bridgehead atoms. The Morgan fingerprint density at radius 2 is 1.64 bits per heavy atom. The number of carbonyl (C=O) groups is 2. The number of hydrogen-bond acceptors (Lipinski definition) is 3. The van der Waals surface area contributed by atoms with E-state index in [1.807, 2.05) is 19.1 Å². The van der Waals surface area contributed by atoms with Crippen LogP contribution < -0.4 is 10.6 Å². The summed E-state index contributed by atoms with van der Waals surface area (Å²) in [5.41, 5.74) is 2.06. The Balaban J connectivity index is 0.00000220. The van der Waals surface area contributed by atoms with Gasteiger partial charge in [0.1, 0.15) is 5.82 Å². The highest BCUT2D eigenvalue weighted by molar-refractivity contribution is 6.04. The van der Waals surface area contributed by atoms with Crippen LogP contribution in [0.3, 0.4) is 0 Å². The standard InChI is InChI=1S/C15H15N3O2.2H2O/c1-10-4-3-9-16-14(10)18-15(20)12-5-7-13(8-6-12)17-11(2)19;;/h3-9H,1-2H3,(H,17,19)(H,16,18,20);2*1H2. The smallest absolute Gasteiger partial charge is 0.256 e. The molecule has 0 radical (unpaired) electrons. The summed E-state index contributed by atoms with van der Waals surface area (Å²) < 4.78 is 0. The third-order valence-corrected chi connectivity index (χ3v) is 2.71. The molecule has 1 heterocycles. The molecule has 0 atom stereocenters. The van der Waals surface area contributed by atoms with Gasteiger partial charge in [-0.25, -0.2) is 4.98 Å². The fourth-order valence-corrected chi connectivity index (χ4v) is 1.70. The quantitative estimate of drug-likeness (QED) is 0.874. The van der Waals surface area contributed by atoms with Crippen LogP contribution in [0.25, 0.3) is 0 Å². The number of pyridine rings is 1. The van der Waals surface area contributed by atoms with E-state index in [0.717, 1.165) is 5.56 Å². The predicted molar refractivity (Wildman–Crippen MR) is 84.9 cm³/mol. The van der Waals surface area contributed by atoms with Crippen molar-refractivity contribution < 1.29 is 20.5 Å². The highest BCUT2D eigenvalue weighted by Gasteiger charge is 2.08. The van der Waals surface area contributed by atoms with Gasteiger partial charge in [0.25, 0.3) is 5.91 Å². The van der Waals surface area contributed by atoms with Gasteiger partial charge in [0, 0.05) is 24.4 Å². The first-order valence-electron chi connectivity index (χ1n) is 6.17. The van der Waals surface area contributed by atoms with E-state index < -0.39 is 0 Å². The van der Waals surface area contributed by atoms with Crippen molar-refractivity contribution in [3.8, 4) is 0 Å². The number of aryl methyl sites for hydroxylation is 1. The van der Waals surface area contributed by atoms with Crippen LogP contribution in [0.5, 0.6) is 0 Å². The summed E-state index contributed by atoms with van der Waals surface area (Å²) in [7, 11) is 0. The molecule has 0 aliphatic carbocycles. The number of carbonyl (C=O) groups excluding carboxylic acids is 2. The molecule has 0 saturated carbocycles. The zero-order valence-electron chi connectivity index (χ0n) is 12.3. The van der Waals surface area contributed by atoms with Crippen molar-refractivity contribution in [2.75, 3.05) is 10.6 Å². The van der Waals surface area contributed by atoms with Crippen LogP contribution in [0.1, 0.15) is 22.8 Å². The molecule has 2 aromatic rings. The second-order valence-electron chi connectivity index (χ2n) is 4.38. The molecule has 0 aliphatic heterocycles. The third-order valence-electron chi connectivity index (χ3n) is 2.71. The van der Waals surface area contributed by atoms with Crippen molar-refractivity contribution in [2.24, 2.45) is 0 Å². The maximum atomic E-state index is 12.1. The van der Waals surface area contributed by atoms with E-state index in [1.54, 1.807) is 30.5 Å². The lowest BCUT2D eigenvalue weighted by Gasteiger charge is -2.07. The van der Waals surface area contributed by atoms with E-state index in [4.69, 9.17) is 0 Å². The Morgan fingerprint density at radius 1 is 1.00 bits per heavy atom. The molecule has 22 heavy (non-hydrogen) atoms. The van der Waals surface area contributed by atoms with Crippen molar-refractivity contribution in [1.29, 1.82) is 0 Å². The van der Waals surface area contributed by atoms with Crippen LogP contribution in [0.2, 0.25) is 0 Å². The monoisotopic (exact) mass is 305 g/mol. The molecule has 6 N–H and O–H groups in total. The average molecular weight is 305 g/mol. The number of anilines is 2. The highest BCUT2D eigenvalue weighted by Crippen LogP contribution is 2.13. The van der Waals surface area contributed by atoms with E-state index in [2.05, 4.69) is 15.6 Å². The van der Waals surface area contributed by atoms with Crippen LogP contribution in [-0.2, 0) is 4.79 Å². The summed E-state index contributed by atoms with van der Waals surface area (Å²) in [6, 6.07) is 10.4. The van der Waals surface area contributed by atoms with Crippen LogP contribution in [0.4, 0.5) is 11.5 Å². The molecular weight excluding hydrogens is 286 g/mol. The summed E-state index contributed by atoms with van der Waals surface area (Å²) in [6.45, 7) is 3.31. The van der Waals surface area contributed by atoms with Crippen molar-refractivity contribution in [1.82, 2.24) is 4.98 Å². The van der Waals surface area contributed by atoms with E-state index in [9.17, 15) is 9.59 Å². The Bertz CT molecular complexity index is 641. The van der Waals surface area contributed by atoms with Gasteiger partial charge in [0.05, 0.1) is 0 Å². The number of hydrogen-bond donors (Lipinski definition) is 2. The first-order valence-corrected chi connectivity index (χ1v) is 6.17. The number of benzene rings is 1. The second-order valence-corrected chi connectivity index (χ2v) is 4.38. The van der Waals surface area contributed by atoms with Crippen molar-refractivity contribution in [2.45, 2.75) is 13.8 Å². The zero-order valence-corrected chi connectivity index (χ0v) is 12.3. The molecule has 7 heteroatoms. The fraction of sp³-hybridized carbons (Fsp3) is 0.133. The Kier molecular flexibility index (Phi) is 7.43. The Hall–Kier alpha value is -2.77. The van der Waals surface area contributed by atoms with Gasteiger partial charge in [-0.2, -0.15) is 0 Å². The minimum atomic E-state index is -0.235. The van der Waals surface area contributed by atoms with E-state index >= 15 is 0 Å². The van der Waals surface area contributed by atoms with E-state index in [-0.39, 0.29) is 22.8 Å². The van der Waals surface area contributed by atoms with Gasteiger partial charge in [-0.15, -0.1) is 0 Å². The molecule has 118 valence electrons. The molecule has 2 amide bonds. The molecule has 0 spiro atoms. The number of rotatable bonds is 3. The highest BCUT2D eigenvalue weighted by atomic mass is 16.2. The Morgan fingerprint density at radius 3 is 2.18 bits per heavy atom. The molecule has 0 fully saturated rings. The first kappa shape index (κ1) is 19.2. The van der Waals surface area contributed by atoms with Crippen LogP contribution in [0, 0.1) is 6.92 Å². The van der Waals surface area contributed by atoms with E-state index in [0.29, 0.717) is 17.1 Å². The van der Waals surface area contributed by atoms with Gasteiger partial charge in [-0.1, -0.05) is 6.07 Å².